The number of hydrogen-bond donors (Lipinski definition) is 4. The van der Waals surface area contributed by atoms with E-state index in [4.69, 9.17) is 56.8 Å². The van der Waals surface area contributed by atoms with E-state index >= 15 is 0 Å². The van der Waals surface area contributed by atoms with Crippen molar-refractivity contribution in [1.82, 2.24) is 10.6 Å². The third-order valence-corrected chi connectivity index (χ3v) is 9.15. The Balaban J connectivity index is 0.804. The third kappa shape index (κ3) is 9.48. The Morgan fingerprint density at radius 2 is 0.857 bits per heavy atom. The molecule has 16 nitrogen and oxygen atoms in total. The van der Waals surface area contributed by atoms with Crippen LogP contribution in [-0.4, -0.2) is 160 Å². The molecule has 0 bridgehead atoms. The molecule has 6 aliphatic heterocycles. The first-order valence-corrected chi connectivity index (χ1v) is 17.7. The van der Waals surface area contributed by atoms with Crippen LogP contribution in [-0.2, 0) is 56.8 Å². The second kappa shape index (κ2) is 15.0. The van der Waals surface area contributed by atoms with E-state index in [9.17, 15) is 10.2 Å². The maximum atomic E-state index is 10.4. The summed E-state index contributed by atoms with van der Waals surface area (Å²) in [5.41, 5.74) is 0. The van der Waals surface area contributed by atoms with Crippen molar-refractivity contribution in [3.05, 3.63) is 0 Å². The predicted octanol–water partition coefficient (Wildman–Crippen LogP) is 0.104. The fraction of sp³-hybridized carbons (Fsp3) is 1.00. The van der Waals surface area contributed by atoms with Gasteiger partial charge in [-0.15, -0.1) is 0 Å². The number of nitrogens with one attached hydrogen (secondary N) is 2. The fourth-order valence-electron chi connectivity index (χ4n) is 7.29. The van der Waals surface area contributed by atoms with Crippen LogP contribution in [0, 0.1) is 0 Å². The van der Waals surface area contributed by atoms with Gasteiger partial charge in [0.05, 0.1) is 38.6 Å². The smallest absolute Gasteiger partial charge is 0.190 e. The highest BCUT2D eigenvalue weighted by Gasteiger charge is 2.62. The first-order chi connectivity index (χ1) is 23.0. The Morgan fingerprint density at radius 3 is 1.27 bits per heavy atom. The lowest BCUT2D eigenvalue weighted by molar-refractivity contribution is -0.244. The Labute approximate surface area is 288 Å². The minimum absolute atomic E-state index is 0.139. The average Bonchev–Trinajstić information content (AvgIpc) is 3.69. The molecule has 6 rings (SSSR count). The summed E-state index contributed by atoms with van der Waals surface area (Å²) in [6, 6.07) is 0. The molecule has 0 aromatic carbocycles. The molecule has 0 aromatic heterocycles. The monoisotopic (exact) mass is 706 g/mol. The molecule has 0 spiro atoms. The van der Waals surface area contributed by atoms with Crippen molar-refractivity contribution < 1.29 is 67.1 Å². The molecular formula is C33H58N2O14. The summed E-state index contributed by atoms with van der Waals surface area (Å²) in [4.78, 5) is 0. The van der Waals surface area contributed by atoms with Crippen LogP contribution in [0.5, 0.6) is 0 Å². The minimum Gasteiger partial charge on any atom is -0.389 e. The Morgan fingerprint density at radius 1 is 0.510 bits per heavy atom. The zero-order valence-electron chi connectivity index (χ0n) is 30.1. The van der Waals surface area contributed by atoms with E-state index in [-0.39, 0.29) is 63.1 Å². The van der Waals surface area contributed by atoms with Crippen LogP contribution in [0.25, 0.3) is 0 Å². The molecule has 6 saturated heterocycles. The zero-order chi connectivity index (χ0) is 35.2. The highest BCUT2D eigenvalue weighted by Crippen LogP contribution is 2.45. The number of aliphatic hydroxyl groups excluding tert-OH is 2. The fourth-order valence-corrected chi connectivity index (χ4v) is 7.29. The lowest BCUT2D eigenvalue weighted by Crippen LogP contribution is -2.56. The second-order valence-corrected chi connectivity index (χ2v) is 15.6. The van der Waals surface area contributed by atoms with Crippen LogP contribution in [0.3, 0.4) is 0 Å². The summed E-state index contributed by atoms with van der Waals surface area (Å²) < 4.78 is 72.4. The molecule has 4 N–H and O–H groups in total. The first kappa shape index (κ1) is 38.1. The van der Waals surface area contributed by atoms with Crippen LogP contribution in [0.1, 0.15) is 61.8 Å². The number of hydrogen-bond acceptors (Lipinski definition) is 16. The molecule has 284 valence electrons. The number of rotatable bonds is 16. The molecule has 0 amide bonds. The van der Waals surface area contributed by atoms with Gasteiger partial charge in [-0.05, 0) is 74.9 Å². The summed E-state index contributed by atoms with van der Waals surface area (Å²) >= 11 is 0. The molecule has 6 heterocycles. The van der Waals surface area contributed by atoms with Crippen molar-refractivity contribution >= 4 is 0 Å². The van der Waals surface area contributed by atoms with Gasteiger partial charge >= 0.3 is 0 Å². The maximum Gasteiger partial charge on any atom is 0.190 e. The van der Waals surface area contributed by atoms with Gasteiger partial charge in [-0.1, -0.05) is 0 Å². The number of ether oxygens (including phenoxy) is 12. The molecule has 16 heteroatoms. The Bertz CT molecular complexity index is 1010. The summed E-state index contributed by atoms with van der Waals surface area (Å²) in [7, 11) is 0. The third-order valence-electron chi connectivity index (χ3n) is 9.15. The highest BCUT2D eigenvalue weighted by atomic mass is 16.9. The van der Waals surface area contributed by atoms with Crippen molar-refractivity contribution in [1.29, 1.82) is 0 Å². The standard InChI is InChI=1S/C33H58N2O14/c1-30(2)42-22-20(40-28-26(24(22)44-30)46-32(5,6)48-28)16-38-14-18(36)12-34-10-9-11-35-13-19(37)15-39-17-21-23-25(45-31(3,4)43-23)27-29(41-21)49-33(7,8)47-27/h18-29,34-37H,9-17H2,1-8H3/t18?,19?,20?,21?,22-,23-,24-,25-,26+,27+,28+,29+/m0/s1. The van der Waals surface area contributed by atoms with E-state index in [0.717, 1.165) is 6.42 Å². The average molecular weight is 707 g/mol. The largest absolute Gasteiger partial charge is 0.389 e. The van der Waals surface area contributed by atoms with Gasteiger partial charge in [-0.3, -0.25) is 0 Å². The van der Waals surface area contributed by atoms with Crippen molar-refractivity contribution in [2.24, 2.45) is 0 Å². The van der Waals surface area contributed by atoms with Gasteiger partial charge in [0.1, 0.15) is 48.8 Å². The van der Waals surface area contributed by atoms with Gasteiger partial charge in [-0.2, -0.15) is 0 Å². The van der Waals surface area contributed by atoms with Gasteiger partial charge in [0.25, 0.3) is 0 Å². The van der Waals surface area contributed by atoms with Crippen LogP contribution < -0.4 is 10.6 Å². The Kier molecular flexibility index (Phi) is 11.7. The SMILES string of the molecule is CC1(C)O[C@H]2OC(COCC(O)CNCCCNCC(O)COCC3O[C@@H]4OC(C)(C)O[C@@H]4[C@H]4OC(C)(C)O[C@@H]34)[C@@H]3OC(C)(C)O[C@@H]3[C@H]2O1. The van der Waals surface area contributed by atoms with Gasteiger partial charge in [-0.25, -0.2) is 0 Å². The Hall–Kier alpha value is -0.640. The molecular weight excluding hydrogens is 648 g/mol. The first-order valence-electron chi connectivity index (χ1n) is 17.7. The molecule has 0 saturated carbocycles. The lowest BCUT2D eigenvalue weighted by Gasteiger charge is -2.37. The minimum atomic E-state index is -0.782. The quantitative estimate of drug-likeness (QED) is 0.159. The van der Waals surface area contributed by atoms with Crippen LogP contribution in [0.2, 0.25) is 0 Å². The van der Waals surface area contributed by atoms with E-state index in [0.29, 0.717) is 26.2 Å². The summed E-state index contributed by atoms with van der Waals surface area (Å²) in [5.74, 6) is -3.11. The van der Waals surface area contributed by atoms with Crippen molar-refractivity contribution in [2.45, 2.75) is 159 Å². The van der Waals surface area contributed by atoms with Crippen LogP contribution >= 0.6 is 0 Å². The van der Waals surface area contributed by atoms with Crippen LogP contribution in [0.15, 0.2) is 0 Å². The molecule has 0 aliphatic carbocycles. The summed E-state index contributed by atoms with van der Waals surface area (Å²) in [6.07, 6.45) is -4.79. The predicted molar refractivity (Wildman–Crippen MR) is 169 cm³/mol. The highest BCUT2D eigenvalue weighted by molar-refractivity contribution is 5.01. The van der Waals surface area contributed by atoms with E-state index in [1.54, 1.807) is 0 Å². The normalized spacial score (nSPS) is 40.8. The number of fused-ring (bicyclic) bond motifs is 6. The summed E-state index contributed by atoms with van der Waals surface area (Å²) in [6.45, 7) is 17.7. The molecule has 4 unspecified atom stereocenters. The van der Waals surface area contributed by atoms with Crippen molar-refractivity contribution in [3.8, 4) is 0 Å². The van der Waals surface area contributed by atoms with E-state index in [1.165, 1.54) is 0 Å². The van der Waals surface area contributed by atoms with Gasteiger partial charge in [0, 0.05) is 13.1 Å². The number of aliphatic hydroxyl groups is 2. The molecule has 6 fully saturated rings. The van der Waals surface area contributed by atoms with Gasteiger partial charge in [0.15, 0.2) is 35.7 Å². The lowest BCUT2D eigenvalue weighted by atomic mass is 9.99. The van der Waals surface area contributed by atoms with Crippen LogP contribution in [0.4, 0.5) is 0 Å². The van der Waals surface area contributed by atoms with Gasteiger partial charge < -0.3 is 77.7 Å². The molecule has 12 atom stereocenters. The zero-order valence-corrected chi connectivity index (χ0v) is 30.1. The van der Waals surface area contributed by atoms with E-state index in [2.05, 4.69) is 10.6 Å². The topological polar surface area (TPSA) is 175 Å². The van der Waals surface area contributed by atoms with Crippen molar-refractivity contribution in [2.75, 3.05) is 52.6 Å². The molecule has 0 aromatic rings. The molecule has 6 aliphatic rings. The van der Waals surface area contributed by atoms with Gasteiger partial charge in [0.2, 0.25) is 0 Å². The summed E-state index contributed by atoms with van der Waals surface area (Å²) in [5, 5.41) is 27.3. The molecule has 0 radical (unpaired) electrons. The van der Waals surface area contributed by atoms with E-state index < -0.39 is 60.1 Å². The molecule has 49 heavy (non-hydrogen) atoms. The van der Waals surface area contributed by atoms with E-state index in [1.807, 2.05) is 55.4 Å². The second-order valence-electron chi connectivity index (χ2n) is 15.6. The van der Waals surface area contributed by atoms with Crippen molar-refractivity contribution in [3.63, 3.8) is 0 Å². The maximum absolute atomic E-state index is 10.4.